The molecule has 1 saturated carbocycles. The second-order valence-electron chi connectivity index (χ2n) is 5.55. The van der Waals surface area contributed by atoms with E-state index in [0.717, 1.165) is 5.92 Å². The van der Waals surface area contributed by atoms with Crippen molar-refractivity contribution in [1.29, 1.82) is 0 Å². The lowest BCUT2D eigenvalue weighted by Crippen LogP contribution is -2.12. The van der Waals surface area contributed by atoms with Crippen molar-refractivity contribution in [3.05, 3.63) is 35.4 Å². The Morgan fingerprint density at radius 3 is 2.56 bits per heavy atom. The van der Waals surface area contributed by atoms with E-state index in [1.54, 1.807) is 0 Å². The molecule has 2 rings (SSSR count). The fourth-order valence-electron chi connectivity index (χ4n) is 2.97. The highest BCUT2D eigenvalue weighted by molar-refractivity contribution is 5.67. The maximum atomic E-state index is 10.7. The summed E-state index contributed by atoms with van der Waals surface area (Å²) in [5, 5.41) is 8.81. The molecule has 0 heterocycles. The number of carboxylic acids is 1. The lowest BCUT2D eigenvalue weighted by molar-refractivity contribution is -0.136. The van der Waals surface area contributed by atoms with Crippen molar-refractivity contribution in [2.24, 2.45) is 5.92 Å². The molecule has 1 aliphatic carbocycles. The second-order valence-corrected chi connectivity index (χ2v) is 5.55. The zero-order chi connectivity index (χ0) is 13.0. The summed E-state index contributed by atoms with van der Waals surface area (Å²) in [6.07, 6.45) is 6.02. The van der Waals surface area contributed by atoms with Crippen LogP contribution >= 0.6 is 0 Å². The van der Waals surface area contributed by atoms with Crippen molar-refractivity contribution in [1.82, 2.24) is 0 Å². The molecule has 0 unspecified atom stereocenters. The molecule has 0 radical (unpaired) electrons. The topological polar surface area (TPSA) is 37.3 Å². The maximum absolute atomic E-state index is 10.7. The largest absolute Gasteiger partial charge is 0.481 e. The van der Waals surface area contributed by atoms with Gasteiger partial charge in [-0.2, -0.15) is 0 Å². The molecule has 0 spiro atoms. The van der Waals surface area contributed by atoms with Gasteiger partial charge in [-0.3, -0.25) is 4.79 Å². The Morgan fingerprint density at radius 2 is 1.89 bits per heavy atom. The van der Waals surface area contributed by atoms with Gasteiger partial charge >= 0.3 is 5.97 Å². The number of aryl methyl sites for hydroxylation is 1. The standard InChI is InChI=1S/C16H22O2/c1-12-6-8-14(9-7-12)15-5-3-2-4-13(15)10-11-16(17)18/h2-5,12,14H,6-11H2,1H3,(H,17,18). The lowest BCUT2D eigenvalue weighted by Gasteiger charge is -2.28. The van der Waals surface area contributed by atoms with E-state index in [-0.39, 0.29) is 6.42 Å². The number of carbonyl (C=O) groups is 1. The third kappa shape index (κ3) is 3.34. The third-order valence-electron chi connectivity index (χ3n) is 4.12. The minimum atomic E-state index is -0.706. The smallest absolute Gasteiger partial charge is 0.303 e. The number of rotatable bonds is 4. The van der Waals surface area contributed by atoms with Gasteiger partial charge in [0, 0.05) is 6.42 Å². The highest BCUT2D eigenvalue weighted by Crippen LogP contribution is 2.37. The Bertz CT molecular complexity index is 403. The minimum Gasteiger partial charge on any atom is -0.481 e. The summed E-state index contributed by atoms with van der Waals surface area (Å²) in [6.45, 7) is 2.33. The van der Waals surface area contributed by atoms with Crippen LogP contribution in [0.25, 0.3) is 0 Å². The normalized spacial score (nSPS) is 23.8. The predicted molar refractivity (Wildman–Crippen MR) is 72.8 cm³/mol. The van der Waals surface area contributed by atoms with Crippen molar-refractivity contribution in [2.75, 3.05) is 0 Å². The van der Waals surface area contributed by atoms with Crippen molar-refractivity contribution >= 4 is 5.97 Å². The summed E-state index contributed by atoms with van der Waals surface area (Å²) < 4.78 is 0. The molecular weight excluding hydrogens is 224 g/mol. The van der Waals surface area contributed by atoms with Gasteiger partial charge in [0.05, 0.1) is 0 Å². The summed E-state index contributed by atoms with van der Waals surface area (Å²) in [7, 11) is 0. The van der Waals surface area contributed by atoms with E-state index in [1.165, 1.54) is 36.8 Å². The minimum absolute atomic E-state index is 0.236. The van der Waals surface area contributed by atoms with E-state index in [0.29, 0.717) is 12.3 Å². The summed E-state index contributed by atoms with van der Waals surface area (Å²) in [4.78, 5) is 10.7. The SMILES string of the molecule is CC1CCC(c2ccccc2CCC(=O)O)CC1. The highest BCUT2D eigenvalue weighted by atomic mass is 16.4. The van der Waals surface area contributed by atoms with E-state index >= 15 is 0 Å². The van der Waals surface area contributed by atoms with Gasteiger partial charge in [-0.1, -0.05) is 44.0 Å². The number of aliphatic carboxylic acids is 1. The van der Waals surface area contributed by atoms with Gasteiger partial charge in [0.1, 0.15) is 0 Å². The summed E-state index contributed by atoms with van der Waals surface area (Å²) >= 11 is 0. The molecule has 0 atom stereocenters. The Hall–Kier alpha value is -1.31. The molecule has 0 aromatic heterocycles. The fourth-order valence-corrected chi connectivity index (χ4v) is 2.97. The molecule has 1 aliphatic rings. The number of carboxylic acid groups (broad SMARTS) is 1. The van der Waals surface area contributed by atoms with Crippen LogP contribution in [0, 0.1) is 5.92 Å². The lowest BCUT2D eigenvalue weighted by atomic mass is 9.77. The molecule has 0 aliphatic heterocycles. The molecule has 0 amide bonds. The molecule has 0 saturated heterocycles. The first-order chi connectivity index (χ1) is 8.66. The van der Waals surface area contributed by atoms with Gasteiger partial charge in [-0.05, 0) is 42.2 Å². The van der Waals surface area contributed by atoms with Crippen molar-refractivity contribution in [3.63, 3.8) is 0 Å². The van der Waals surface area contributed by atoms with Gasteiger partial charge in [0.15, 0.2) is 0 Å². The number of benzene rings is 1. The Balaban J connectivity index is 2.09. The first-order valence-corrected chi connectivity index (χ1v) is 6.96. The van der Waals surface area contributed by atoms with Crippen LogP contribution in [-0.4, -0.2) is 11.1 Å². The van der Waals surface area contributed by atoms with Crippen LogP contribution < -0.4 is 0 Å². The van der Waals surface area contributed by atoms with Crippen LogP contribution in [0.4, 0.5) is 0 Å². The van der Waals surface area contributed by atoms with Crippen molar-refractivity contribution in [2.45, 2.75) is 51.4 Å². The molecule has 98 valence electrons. The van der Waals surface area contributed by atoms with E-state index in [4.69, 9.17) is 5.11 Å². The molecule has 1 N–H and O–H groups in total. The molecule has 1 fully saturated rings. The van der Waals surface area contributed by atoms with Crippen LogP contribution in [0.5, 0.6) is 0 Å². The highest BCUT2D eigenvalue weighted by Gasteiger charge is 2.21. The van der Waals surface area contributed by atoms with E-state index < -0.39 is 5.97 Å². The number of hydrogen-bond acceptors (Lipinski definition) is 1. The fraction of sp³-hybridized carbons (Fsp3) is 0.562. The van der Waals surface area contributed by atoms with Crippen molar-refractivity contribution < 1.29 is 9.90 Å². The van der Waals surface area contributed by atoms with Crippen LogP contribution in [-0.2, 0) is 11.2 Å². The molecule has 2 heteroatoms. The molecule has 2 nitrogen and oxygen atoms in total. The first-order valence-electron chi connectivity index (χ1n) is 6.96. The molecule has 0 bridgehead atoms. The van der Waals surface area contributed by atoms with E-state index in [9.17, 15) is 4.79 Å². The third-order valence-corrected chi connectivity index (χ3v) is 4.12. The van der Waals surface area contributed by atoms with E-state index in [1.807, 2.05) is 6.07 Å². The second kappa shape index (κ2) is 6.03. The summed E-state index contributed by atoms with van der Waals surface area (Å²) in [5.41, 5.74) is 2.63. The first kappa shape index (κ1) is 13.1. The predicted octanol–water partition coefficient (Wildman–Crippen LogP) is 4.00. The van der Waals surface area contributed by atoms with E-state index in [2.05, 4.69) is 25.1 Å². The average Bonchev–Trinajstić information content (AvgIpc) is 2.38. The van der Waals surface area contributed by atoms with Crippen LogP contribution in [0.3, 0.4) is 0 Å². The zero-order valence-corrected chi connectivity index (χ0v) is 11.1. The molecule has 1 aromatic rings. The molecule has 18 heavy (non-hydrogen) atoms. The van der Waals surface area contributed by atoms with Gasteiger partial charge < -0.3 is 5.11 Å². The van der Waals surface area contributed by atoms with Gasteiger partial charge in [-0.25, -0.2) is 0 Å². The quantitative estimate of drug-likeness (QED) is 0.872. The molecule has 1 aromatic carbocycles. The monoisotopic (exact) mass is 246 g/mol. The van der Waals surface area contributed by atoms with Crippen molar-refractivity contribution in [3.8, 4) is 0 Å². The van der Waals surface area contributed by atoms with Gasteiger partial charge in [0.2, 0.25) is 0 Å². The van der Waals surface area contributed by atoms with Crippen LogP contribution in [0.2, 0.25) is 0 Å². The molecular formula is C16H22O2. The Labute approximate surface area is 109 Å². The summed E-state index contributed by atoms with van der Waals surface area (Å²) in [5.74, 6) is 0.792. The average molecular weight is 246 g/mol. The zero-order valence-electron chi connectivity index (χ0n) is 11.1. The van der Waals surface area contributed by atoms with Gasteiger partial charge in [-0.15, -0.1) is 0 Å². The van der Waals surface area contributed by atoms with Crippen LogP contribution in [0.1, 0.15) is 56.1 Å². The Kier molecular flexibility index (Phi) is 4.40. The maximum Gasteiger partial charge on any atom is 0.303 e. The summed E-state index contributed by atoms with van der Waals surface area (Å²) in [6, 6.07) is 8.39. The Morgan fingerprint density at radius 1 is 1.22 bits per heavy atom. The van der Waals surface area contributed by atoms with Gasteiger partial charge in [0.25, 0.3) is 0 Å². The van der Waals surface area contributed by atoms with Crippen LogP contribution in [0.15, 0.2) is 24.3 Å². The number of hydrogen-bond donors (Lipinski definition) is 1.